The van der Waals surface area contributed by atoms with Crippen LogP contribution in [0.1, 0.15) is 5.56 Å². The molecule has 0 atom stereocenters. The molecule has 0 saturated heterocycles. The van der Waals surface area contributed by atoms with Crippen LogP contribution in [-0.2, 0) is 9.59 Å². The average Bonchev–Trinajstić information content (AvgIpc) is 2.24. The molecular formula is C11H9Br2NO4. The van der Waals surface area contributed by atoms with Gasteiger partial charge < -0.3 is 15.6 Å². The van der Waals surface area contributed by atoms with E-state index in [9.17, 15) is 9.59 Å². The number of carbonyl (C=O) groups excluding carboxylic acids is 1. The summed E-state index contributed by atoms with van der Waals surface area (Å²) in [7, 11) is 0. The van der Waals surface area contributed by atoms with Gasteiger partial charge in [0, 0.05) is 6.08 Å². The van der Waals surface area contributed by atoms with Crippen LogP contribution in [0.15, 0.2) is 27.2 Å². The number of nitrogens with two attached hydrogens (primary N) is 1. The SMILES string of the molecule is NC(=O)COc1c(Br)cc(/C=C/C(=O)O)cc1Br. The van der Waals surface area contributed by atoms with Crippen LogP contribution < -0.4 is 10.5 Å². The van der Waals surface area contributed by atoms with Crippen LogP contribution >= 0.6 is 31.9 Å². The van der Waals surface area contributed by atoms with Crippen molar-refractivity contribution in [3.63, 3.8) is 0 Å². The second-order valence-electron chi connectivity index (χ2n) is 3.24. The first kappa shape index (κ1) is 14.7. The van der Waals surface area contributed by atoms with Crippen molar-refractivity contribution in [3.05, 3.63) is 32.7 Å². The molecule has 1 amide bonds. The van der Waals surface area contributed by atoms with E-state index in [1.54, 1.807) is 12.1 Å². The number of ether oxygens (including phenoxy) is 1. The number of benzene rings is 1. The molecule has 0 aromatic heterocycles. The third-order valence-corrected chi connectivity index (χ3v) is 2.98. The number of amides is 1. The number of carboxylic acids is 1. The van der Waals surface area contributed by atoms with Crippen molar-refractivity contribution in [2.45, 2.75) is 0 Å². The topological polar surface area (TPSA) is 89.6 Å². The van der Waals surface area contributed by atoms with Gasteiger partial charge in [-0.3, -0.25) is 4.79 Å². The summed E-state index contributed by atoms with van der Waals surface area (Å²) < 4.78 is 6.37. The highest BCUT2D eigenvalue weighted by Gasteiger charge is 2.09. The molecule has 18 heavy (non-hydrogen) atoms. The number of carbonyl (C=O) groups is 2. The summed E-state index contributed by atoms with van der Waals surface area (Å²) >= 11 is 6.53. The molecule has 96 valence electrons. The summed E-state index contributed by atoms with van der Waals surface area (Å²) in [6.45, 7) is -0.235. The Morgan fingerprint density at radius 2 is 1.89 bits per heavy atom. The van der Waals surface area contributed by atoms with Crippen molar-refractivity contribution >= 4 is 49.8 Å². The van der Waals surface area contributed by atoms with E-state index in [-0.39, 0.29) is 6.61 Å². The summed E-state index contributed by atoms with van der Waals surface area (Å²) in [5.41, 5.74) is 5.65. The molecule has 0 bridgehead atoms. The Morgan fingerprint density at radius 3 is 2.33 bits per heavy atom. The van der Waals surface area contributed by atoms with E-state index >= 15 is 0 Å². The lowest BCUT2D eigenvalue weighted by atomic mass is 10.2. The molecule has 0 saturated carbocycles. The molecule has 1 aromatic carbocycles. The van der Waals surface area contributed by atoms with Crippen LogP contribution in [0, 0.1) is 0 Å². The zero-order valence-electron chi connectivity index (χ0n) is 9.02. The van der Waals surface area contributed by atoms with Gasteiger partial charge in [0.2, 0.25) is 0 Å². The minimum atomic E-state index is -1.03. The fraction of sp³-hybridized carbons (Fsp3) is 0.0909. The van der Waals surface area contributed by atoms with Gasteiger partial charge in [0.05, 0.1) is 8.95 Å². The number of halogens is 2. The van der Waals surface area contributed by atoms with Crippen LogP contribution in [0.3, 0.4) is 0 Å². The smallest absolute Gasteiger partial charge is 0.328 e. The summed E-state index contributed by atoms with van der Waals surface area (Å²) in [6.07, 6.45) is 2.47. The maximum atomic E-state index is 10.6. The minimum Gasteiger partial charge on any atom is -0.481 e. The fourth-order valence-corrected chi connectivity index (χ4v) is 2.58. The maximum Gasteiger partial charge on any atom is 0.328 e. The summed E-state index contributed by atoms with van der Waals surface area (Å²) in [5, 5.41) is 8.53. The van der Waals surface area contributed by atoms with Crippen molar-refractivity contribution < 1.29 is 19.4 Å². The Labute approximate surface area is 120 Å². The van der Waals surface area contributed by atoms with E-state index in [4.69, 9.17) is 15.6 Å². The number of primary amides is 1. The molecule has 0 aliphatic rings. The largest absolute Gasteiger partial charge is 0.481 e. The summed E-state index contributed by atoms with van der Waals surface area (Å²) in [5.74, 6) is -1.18. The Morgan fingerprint density at radius 1 is 1.33 bits per heavy atom. The zero-order valence-corrected chi connectivity index (χ0v) is 12.2. The van der Waals surface area contributed by atoms with Gasteiger partial charge in [-0.05, 0) is 55.6 Å². The van der Waals surface area contributed by atoms with E-state index in [1.807, 2.05) is 0 Å². The predicted octanol–water partition coefficient (Wildman–Crippen LogP) is 2.17. The number of hydrogen-bond acceptors (Lipinski definition) is 3. The molecule has 5 nitrogen and oxygen atoms in total. The Kier molecular flexibility index (Phi) is 5.36. The Bertz CT molecular complexity index is 491. The third-order valence-electron chi connectivity index (χ3n) is 1.80. The van der Waals surface area contributed by atoms with Crippen LogP contribution in [0.4, 0.5) is 0 Å². The normalized spacial score (nSPS) is 10.6. The van der Waals surface area contributed by atoms with Gasteiger partial charge in [-0.1, -0.05) is 0 Å². The first-order valence-electron chi connectivity index (χ1n) is 4.71. The van der Waals surface area contributed by atoms with Gasteiger partial charge in [-0.2, -0.15) is 0 Å². The lowest BCUT2D eigenvalue weighted by molar-refractivity contribution is -0.131. The lowest BCUT2D eigenvalue weighted by Gasteiger charge is -2.09. The highest BCUT2D eigenvalue weighted by molar-refractivity contribution is 9.11. The van der Waals surface area contributed by atoms with E-state index < -0.39 is 11.9 Å². The van der Waals surface area contributed by atoms with E-state index in [0.29, 0.717) is 20.3 Å². The molecule has 1 aromatic rings. The molecule has 3 N–H and O–H groups in total. The van der Waals surface area contributed by atoms with Crippen LogP contribution in [0.5, 0.6) is 5.75 Å². The van der Waals surface area contributed by atoms with Crippen LogP contribution in [-0.4, -0.2) is 23.6 Å². The molecule has 0 spiro atoms. The lowest BCUT2D eigenvalue weighted by Crippen LogP contribution is -2.20. The Hall–Kier alpha value is -1.34. The minimum absolute atomic E-state index is 0.235. The second kappa shape index (κ2) is 6.55. The van der Waals surface area contributed by atoms with Crippen molar-refractivity contribution in [1.82, 2.24) is 0 Å². The number of aliphatic carboxylic acids is 1. The van der Waals surface area contributed by atoms with E-state index in [1.165, 1.54) is 6.08 Å². The zero-order chi connectivity index (χ0) is 13.7. The highest BCUT2D eigenvalue weighted by atomic mass is 79.9. The monoisotopic (exact) mass is 377 g/mol. The van der Waals surface area contributed by atoms with Crippen LogP contribution in [0.25, 0.3) is 6.08 Å². The molecule has 0 radical (unpaired) electrons. The van der Waals surface area contributed by atoms with Gasteiger partial charge in [0.15, 0.2) is 6.61 Å². The standard InChI is InChI=1S/C11H9Br2NO4/c12-7-3-6(1-2-10(16)17)4-8(13)11(7)18-5-9(14)15/h1-4H,5H2,(H2,14,15)(H,16,17)/b2-1+. The van der Waals surface area contributed by atoms with E-state index in [0.717, 1.165) is 6.08 Å². The van der Waals surface area contributed by atoms with Crippen molar-refractivity contribution in [2.24, 2.45) is 5.73 Å². The predicted molar refractivity (Wildman–Crippen MR) is 73.2 cm³/mol. The first-order chi connectivity index (χ1) is 8.40. The van der Waals surface area contributed by atoms with Gasteiger partial charge in [-0.15, -0.1) is 0 Å². The van der Waals surface area contributed by atoms with Crippen molar-refractivity contribution in [1.29, 1.82) is 0 Å². The third kappa shape index (κ3) is 4.50. The Balaban J connectivity index is 2.97. The van der Waals surface area contributed by atoms with Gasteiger partial charge >= 0.3 is 5.97 Å². The molecule has 0 unspecified atom stereocenters. The maximum absolute atomic E-state index is 10.6. The average molecular weight is 379 g/mol. The van der Waals surface area contributed by atoms with Gasteiger partial charge in [0.25, 0.3) is 5.91 Å². The molecule has 0 aliphatic heterocycles. The summed E-state index contributed by atoms with van der Waals surface area (Å²) in [4.78, 5) is 21.0. The molecular weight excluding hydrogens is 370 g/mol. The van der Waals surface area contributed by atoms with E-state index in [2.05, 4.69) is 31.9 Å². The second-order valence-corrected chi connectivity index (χ2v) is 4.95. The fourth-order valence-electron chi connectivity index (χ4n) is 1.12. The van der Waals surface area contributed by atoms with Crippen molar-refractivity contribution in [2.75, 3.05) is 6.61 Å². The first-order valence-corrected chi connectivity index (χ1v) is 6.30. The number of carboxylic acid groups (broad SMARTS) is 1. The highest BCUT2D eigenvalue weighted by Crippen LogP contribution is 2.35. The van der Waals surface area contributed by atoms with Crippen molar-refractivity contribution in [3.8, 4) is 5.75 Å². The number of rotatable bonds is 5. The number of hydrogen-bond donors (Lipinski definition) is 2. The molecule has 7 heteroatoms. The summed E-state index contributed by atoms with van der Waals surface area (Å²) in [6, 6.07) is 3.33. The van der Waals surface area contributed by atoms with Crippen LogP contribution in [0.2, 0.25) is 0 Å². The van der Waals surface area contributed by atoms with Gasteiger partial charge in [0.1, 0.15) is 5.75 Å². The van der Waals surface area contributed by atoms with Gasteiger partial charge in [-0.25, -0.2) is 4.79 Å². The molecule has 1 rings (SSSR count). The quantitative estimate of drug-likeness (QED) is 0.768. The molecule has 0 fully saturated rings. The molecule has 0 aliphatic carbocycles. The molecule has 0 heterocycles.